The van der Waals surface area contributed by atoms with Gasteiger partial charge in [-0.25, -0.2) is 9.97 Å². The fourth-order valence-electron chi connectivity index (χ4n) is 2.59. The van der Waals surface area contributed by atoms with Crippen molar-refractivity contribution >= 4 is 16.8 Å². The molecule has 2 aromatic carbocycles. The van der Waals surface area contributed by atoms with E-state index in [1.807, 2.05) is 49.4 Å². The summed E-state index contributed by atoms with van der Waals surface area (Å²) in [6.45, 7) is 2.00. The van der Waals surface area contributed by atoms with Gasteiger partial charge in [-0.3, -0.25) is 4.79 Å². The normalized spacial score (nSPS) is 10.7. The van der Waals surface area contributed by atoms with Crippen LogP contribution in [0.25, 0.3) is 22.3 Å². The second-order valence-corrected chi connectivity index (χ2v) is 5.57. The largest absolute Gasteiger partial charge is 0.497 e. The predicted octanol–water partition coefficient (Wildman–Crippen LogP) is 2.34. The average molecular weight is 337 g/mol. The lowest BCUT2D eigenvalue weighted by atomic mass is 10.1. The number of hydrogen-bond donors (Lipinski definition) is 2. The van der Waals surface area contributed by atoms with Crippen LogP contribution in [0, 0.1) is 6.92 Å². The third-order valence-corrected chi connectivity index (χ3v) is 3.89. The highest BCUT2D eigenvalue weighted by Gasteiger charge is 2.16. The predicted molar refractivity (Wildman–Crippen MR) is 95.7 cm³/mol. The van der Waals surface area contributed by atoms with Crippen molar-refractivity contribution in [3.05, 3.63) is 53.7 Å². The molecule has 1 amide bonds. The summed E-state index contributed by atoms with van der Waals surface area (Å²) in [7, 11) is 1.61. The molecule has 0 bridgehead atoms. The van der Waals surface area contributed by atoms with Crippen LogP contribution in [0.5, 0.6) is 5.75 Å². The zero-order valence-electron chi connectivity index (χ0n) is 14.1. The number of carbonyl (C=O) groups is 1. The topological polar surface area (TPSA) is 84.3 Å². The van der Waals surface area contributed by atoms with E-state index in [2.05, 4.69) is 15.3 Å². The monoisotopic (exact) mass is 337 g/mol. The zero-order chi connectivity index (χ0) is 17.8. The van der Waals surface area contributed by atoms with E-state index in [0.717, 1.165) is 22.4 Å². The minimum absolute atomic E-state index is 0.126. The van der Waals surface area contributed by atoms with Crippen LogP contribution < -0.4 is 10.1 Å². The molecule has 1 heterocycles. The highest BCUT2D eigenvalue weighted by molar-refractivity contribution is 6.05. The number of ether oxygens (including phenoxy) is 1. The summed E-state index contributed by atoms with van der Waals surface area (Å²) in [5.74, 6) is 0.877. The van der Waals surface area contributed by atoms with Crippen LogP contribution in [-0.2, 0) is 0 Å². The highest BCUT2D eigenvalue weighted by Crippen LogP contribution is 2.25. The number of aryl methyl sites for hydroxylation is 1. The summed E-state index contributed by atoms with van der Waals surface area (Å²) in [6.07, 6.45) is 0. The van der Waals surface area contributed by atoms with Crippen LogP contribution in [0.4, 0.5) is 0 Å². The number of methoxy groups -OCH3 is 1. The molecule has 0 saturated carbocycles. The number of aromatic nitrogens is 2. The van der Waals surface area contributed by atoms with Gasteiger partial charge in [0.05, 0.1) is 19.2 Å². The molecule has 0 unspecified atom stereocenters. The summed E-state index contributed by atoms with van der Waals surface area (Å²) < 4.78 is 5.17. The third-order valence-electron chi connectivity index (χ3n) is 3.89. The van der Waals surface area contributed by atoms with Crippen LogP contribution in [-0.4, -0.2) is 41.2 Å². The van der Waals surface area contributed by atoms with Gasteiger partial charge in [0.1, 0.15) is 11.4 Å². The van der Waals surface area contributed by atoms with Gasteiger partial charge in [-0.1, -0.05) is 18.2 Å². The molecule has 0 fully saturated rings. The molecule has 25 heavy (non-hydrogen) atoms. The number of nitrogens with one attached hydrogen (secondary N) is 1. The summed E-state index contributed by atoms with van der Waals surface area (Å²) in [6, 6.07) is 13.0. The number of amides is 1. The molecular weight excluding hydrogens is 318 g/mol. The van der Waals surface area contributed by atoms with Crippen molar-refractivity contribution in [2.24, 2.45) is 0 Å². The second-order valence-electron chi connectivity index (χ2n) is 5.57. The van der Waals surface area contributed by atoms with Gasteiger partial charge in [0.15, 0.2) is 5.82 Å². The van der Waals surface area contributed by atoms with Gasteiger partial charge in [-0.2, -0.15) is 0 Å². The van der Waals surface area contributed by atoms with Crippen LogP contribution in [0.15, 0.2) is 42.5 Å². The fraction of sp³-hybridized carbons (Fsp3) is 0.211. The molecule has 0 atom stereocenters. The molecule has 128 valence electrons. The number of para-hydroxylation sites is 1. The second kappa shape index (κ2) is 7.27. The van der Waals surface area contributed by atoms with E-state index >= 15 is 0 Å². The molecule has 3 rings (SSSR count). The van der Waals surface area contributed by atoms with Crippen molar-refractivity contribution in [2.45, 2.75) is 6.92 Å². The molecule has 3 aromatic rings. The summed E-state index contributed by atoms with van der Waals surface area (Å²) >= 11 is 0. The molecule has 0 aliphatic heterocycles. The van der Waals surface area contributed by atoms with Gasteiger partial charge in [-0.05, 0) is 36.8 Å². The van der Waals surface area contributed by atoms with E-state index in [1.54, 1.807) is 7.11 Å². The number of benzene rings is 2. The molecule has 6 heteroatoms. The molecule has 2 N–H and O–H groups in total. The van der Waals surface area contributed by atoms with Crippen molar-refractivity contribution < 1.29 is 14.6 Å². The Morgan fingerprint density at radius 3 is 2.60 bits per heavy atom. The SMILES string of the molecule is COc1ccc(-c2nc(C(=O)NCCO)c3cccc(C)c3n2)cc1. The Labute approximate surface area is 145 Å². The van der Waals surface area contributed by atoms with Crippen molar-refractivity contribution in [1.29, 1.82) is 0 Å². The molecule has 0 radical (unpaired) electrons. The van der Waals surface area contributed by atoms with Gasteiger partial charge in [-0.15, -0.1) is 0 Å². The van der Waals surface area contributed by atoms with Crippen molar-refractivity contribution in [2.75, 3.05) is 20.3 Å². The summed E-state index contributed by atoms with van der Waals surface area (Å²) in [5, 5.41) is 12.3. The van der Waals surface area contributed by atoms with Gasteiger partial charge in [0, 0.05) is 17.5 Å². The zero-order valence-corrected chi connectivity index (χ0v) is 14.1. The number of aliphatic hydroxyl groups is 1. The lowest BCUT2D eigenvalue weighted by Crippen LogP contribution is -2.27. The van der Waals surface area contributed by atoms with Crippen LogP contribution >= 0.6 is 0 Å². The quantitative estimate of drug-likeness (QED) is 0.746. The molecule has 1 aromatic heterocycles. The smallest absolute Gasteiger partial charge is 0.270 e. The van der Waals surface area contributed by atoms with E-state index in [0.29, 0.717) is 16.9 Å². The Bertz CT molecular complexity index is 908. The van der Waals surface area contributed by atoms with Gasteiger partial charge in [0.2, 0.25) is 0 Å². The molecule has 0 aliphatic carbocycles. The first kappa shape index (κ1) is 16.9. The van der Waals surface area contributed by atoms with E-state index in [1.165, 1.54) is 0 Å². The minimum atomic E-state index is -0.332. The van der Waals surface area contributed by atoms with E-state index in [-0.39, 0.29) is 19.1 Å². The molecule has 0 saturated heterocycles. The van der Waals surface area contributed by atoms with Crippen molar-refractivity contribution in [3.8, 4) is 17.1 Å². The van der Waals surface area contributed by atoms with Gasteiger partial charge < -0.3 is 15.2 Å². The standard InChI is InChI=1S/C19H19N3O3/c1-12-4-3-5-15-16(12)21-18(13-6-8-14(25-2)9-7-13)22-17(15)19(24)20-10-11-23/h3-9,23H,10-11H2,1-2H3,(H,20,24). The third kappa shape index (κ3) is 3.44. The van der Waals surface area contributed by atoms with Crippen LogP contribution in [0.1, 0.15) is 16.1 Å². The van der Waals surface area contributed by atoms with Gasteiger partial charge >= 0.3 is 0 Å². The number of aliphatic hydroxyl groups excluding tert-OH is 1. The number of nitrogens with zero attached hydrogens (tertiary/aromatic N) is 2. The fourth-order valence-corrected chi connectivity index (χ4v) is 2.59. The number of hydrogen-bond acceptors (Lipinski definition) is 5. The van der Waals surface area contributed by atoms with Crippen molar-refractivity contribution in [3.63, 3.8) is 0 Å². The van der Waals surface area contributed by atoms with Crippen LogP contribution in [0.3, 0.4) is 0 Å². The molecule has 0 aliphatic rings. The lowest BCUT2D eigenvalue weighted by Gasteiger charge is -2.11. The Kier molecular flexibility index (Phi) is 4.90. The van der Waals surface area contributed by atoms with E-state index in [9.17, 15) is 4.79 Å². The van der Waals surface area contributed by atoms with Gasteiger partial charge in [0.25, 0.3) is 5.91 Å². The van der Waals surface area contributed by atoms with E-state index < -0.39 is 0 Å². The number of carbonyl (C=O) groups excluding carboxylic acids is 1. The Balaban J connectivity index is 2.16. The summed E-state index contributed by atoms with van der Waals surface area (Å²) in [4.78, 5) is 21.6. The Hall–Kier alpha value is -2.99. The lowest BCUT2D eigenvalue weighted by molar-refractivity contribution is 0.0941. The first-order valence-electron chi connectivity index (χ1n) is 7.95. The Morgan fingerprint density at radius 1 is 1.16 bits per heavy atom. The Morgan fingerprint density at radius 2 is 1.92 bits per heavy atom. The maximum atomic E-state index is 12.5. The molecule has 0 spiro atoms. The summed E-state index contributed by atoms with van der Waals surface area (Å²) in [5.41, 5.74) is 2.79. The number of rotatable bonds is 5. The average Bonchev–Trinajstić information content (AvgIpc) is 2.66. The van der Waals surface area contributed by atoms with E-state index in [4.69, 9.17) is 9.84 Å². The molecule has 6 nitrogen and oxygen atoms in total. The first-order chi connectivity index (χ1) is 12.1. The number of fused-ring (bicyclic) bond motifs is 1. The first-order valence-corrected chi connectivity index (χ1v) is 7.95. The minimum Gasteiger partial charge on any atom is -0.497 e. The highest BCUT2D eigenvalue weighted by atomic mass is 16.5. The maximum absolute atomic E-state index is 12.5. The molecular formula is C19H19N3O3. The van der Waals surface area contributed by atoms with Crippen LogP contribution in [0.2, 0.25) is 0 Å². The van der Waals surface area contributed by atoms with Crippen molar-refractivity contribution in [1.82, 2.24) is 15.3 Å². The maximum Gasteiger partial charge on any atom is 0.270 e.